The third-order valence-corrected chi connectivity index (χ3v) is 3.97. The van der Waals surface area contributed by atoms with Gasteiger partial charge in [0.1, 0.15) is 13.2 Å². The summed E-state index contributed by atoms with van der Waals surface area (Å²) in [6.07, 6.45) is 0.920. The average Bonchev–Trinajstić information content (AvgIpc) is 2.47. The van der Waals surface area contributed by atoms with E-state index in [0.717, 1.165) is 23.5 Å². The maximum Gasteiger partial charge on any atom is 0.161 e. The molecule has 19 heavy (non-hydrogen) atoms. The fraction of sp³-hybridized carbons (Fsp3) is 0.600. The van der Waals surface area contributed by atoms with Crippen molar-refractivity contribution >= 4 is 0 Å². The first kappa shape index (κ1) is 14.2. The normalized spacial score (nSPS) is 18.7. The van der Waals surface area contributed by atoms with Gasteiger partial charge in [0.05, 0.1) is 11.6 Å². The zero-order valence-electron chi connectivity index (χ0n) is 12.2. The van der Waals surface area contributed by atoms with E-state index in [9.17, 15) is 0 Å². The number of rotatable bonds is 5. The van der Waals surface area contributed by atoms with Gasteiger partial charge in [0.25, 0.3) is 0 Å². The summed E-state index contributed by atoms with van der Waals surface area (Å²) in [6.45, 7) is 5.47. The van der Waals surface area contributed by atoms with Crippen LogP contribution in [0.4, 0.5) is 0 Å². The Balaban J connectivity index is 2.33. The molecule has 0 saturated carbocycles. The van der Waals surface area contributed by atoms with Crippen molar-refractivity contribution < 1.29 is 14.2 Å². The second-order valence-corrected chi connectivity index (χ2v) is 5.00. The monoisotopic (exact) mass is 265 g/mol. The van der Waals surface area contributed by atoms with Crippen LogP contribution >= 0.6 is 0 Å². The molecule has 0 fully saturated rings. The molecule has 0 aromatic heterocycles. The number of benzene rings is 1. The van der Waals surface area contributed by atoms with E-state index in [4.69, 9.17) is 14.2 Å². The Hall–Kier alpha value is -1.26. The van der Waals surface area contributed by atoms with E-state index in [1.54, 1.807) is 7.11 Å². The lowest BCUT2D eigenvalue weighted by Gasteiger charge is -2.36. The van der Waals surface area contributed by atoms with Gasteiger partial charge in [-0.3, -0.25) is 0 Å². The Morgan fingerprint density at radius 2 is 2.00 bits per heavy atom. The first-order chi connectivity index (χ1) is 9.14. The van der Waals surface area contributed by atoms with Gasteiger partial charge < -0.3 is 19.5 Å². The molecule has 0 saturated heterocycles. The van der Waals surface area contributed by atoms with Crippen molar-refractivity contribution in [1.29, 1.82) is 0 Å². The highest BCUT2D eigenvalue weighted by molar-refractivity contribution is 5.45. The van der Waals surface area contributed by atoms with Gasteiger partial charge >= 0.3 is 0 Å². The van der Waals surface area contributed by atoms with Crippen LogP contribution in [0, 0.1) is 0 Å². The third-order valence-electron chi connectivity index (χ3n) is 3.97. The molecule has 4 heteroatoms. The molecule has 2 atom stereocenters. The molecule has 0 amide bonds. The van der Waals surface area contributed by atoms with Crippen molar-refractivity contribution in [3.05, 3.63) is 23.8 Å². The zero-order valence-corrected chi connectivity index (χ0v) is 12.2. The molecule has 0 bridgehead atoms. The molecule has 1 aromatic carbocycles. The van der Waals surface area contributed by atoms with Crippen molar-refractivity contribution in [2.24, 2.45) is 0 Å². The second kappa shape index (κ2) is 5.80. The molecular formula is C15H23NO3. The standard InChI is InChI=1S/C15H23NO3/c1-5-15(2,17-4)14(16-3)11-6-7-12-13(10-11)19-9-8-18-12/h6-7,10,14,16H,5,8-9H2,1-4H3. The maximum absolute atomic E-state index is 5.70. The van der Waals surface area contributed by atoms with Gasteiger partial charge in [-0.1, -0.05) is 13.0 Å². The van der Waals surface area contributed by atoms with Gasteiger partial charge in [-0.15, -0.1) is 0 Å². The summed E-state index contributed by atoms with van der Waals surface area (Å²) in [7, 11) is 3.71. The number of fused-ring (bicyclic) bond motifs is 1. The van der Waals surface area contributed by atoms with Crippen LogP contribution in [0.15, 0.2) is 18.2 Å². The molecular weight excluding hydrogens is 242 g/mol. The van der Waals surface area contributed by atoms with Gasteiger partial charge in [0, 0.05) is 7.11 Å². The third kappa shape index (κ3) is 2.69. The van der Waals surface area contributed by atoms with E-state index in [1.807, 2.05) is 19.2 Å². The molecule has 2 unspecified atom stereocenters. The van der Waals surface area contributed by atoms with Crippen LogP contribution in [0.5, 0.6) is 11.5 Å². The SMILES string of the molecule is CCC(C)(OC)C(NC)c1ccc2c(c1)OCCO2. The summed E-state index contributed by atoms with van der Waals surface area (Å²) < 4.78 is 16.9. The van der Waals surface area contributed by atoms with Crippen LogP contribution in [-0.2, 0) is 4.74 Å². The first-order valence-corrected chi connectivity index (χ1v) is 6.76. The van der Waals surface area contributed by atoms with Crippen LogP contribution in [0.25, 0.3) is 0 Å². The van der Waals surface area contributed by atoms with Crippen LogP contribution in [-0.4, -0.2) is 33.0 Å². The van der Waals surface area contributed by atoms with Crippen molar-refractivity contribution in [1.82, 2.24) is 5.32 Å². The predicted octanol–water partition coefficient (Wildman–Crippen LogP) is 2.53. The number of ether oxygens (including phenoxy) is 3. The van der Waals surface area contributed by atoms with Gasteiger partial charge in [-0.25, -0.2) is 0 Å². The van der Waals surface area contributed by atoms with E-state index in [1.165, 1.54) is 0 Å². The molecule has 4 nitrogen and oxygen atoms in total. The lowest BCUT2D eigenvalue weighted by atomic mass is 9.87. The Bertz CT molecular complexity index is 429. The predicted molar refractivity (Wildman–Crippen MR) is 74.9 cm³/mol. The number of hydrogen-bond donors (Lipinski definition) is 1. The molecule has 1 N–H and O–H groups in total. The van der Waals surface area contributed by atoms with Crippen molar-refractivity contribution in [2.75, 3.05) is 27.4 Å². The molecule has 0 radical (unpaired) electrons. The zero-order chi connectivity index (χ0) is 13.9. The largest absolute Gasteiger partial charge is 0.486 e. The maximum atomic E-state index is 5.70. The molecule has 106 valence electrons. The lowest BCUT2D eigenvalue weighted by Crippen LogP contribution is -2.41. The Morgan fingerprint density at radius 3 is 2.58 bits per heavy atom. The molecule has 1 aromatic rings. The Morgan fingerprint density at radius 1 is 1.32 bits per heavy atom. The van der Waals surface area contributed by atoms with E-state index >= 15 is 0 Å². The molecule has 1 aliphatic heterocycles. The number of likely N-dealkylation sites (N-methyl/N-ethyl adjacent to an activating group) is 1. The second-order valence-electron chi connectivity index (χ2n) is 5.00. The average molecular weight is 265 g/mol. The Labute approximate surface area is 115 Å². The molecule has 0 aliphatic carbocycles. The number of methoxy groups -OCH3 is 1. The van der Waals surface area contributed by atoms with Crippen molar-refractivity contribution in [2.45, 2.75) is 31.9 Å². The van der Waals surface area contributed by atoms with E-state index in [-0.39, 0.29) is 11.6 Å². The van der Waals surface area contributed by atoms with Gasteiger partial charge in [-0.2, -0.15) is 0 Å². The summed E-state index contributed by atoms with van der Waals surface area (Å²) in [5.41, 5.74) is 0.899. The van der Waals surface area contributed by atoms with E-state index in [2.05, 4.69) is 25.2 Å². The van der Waals surface area contributed by atoms with Crippen molar-refractivity contribution in [3.63, 3.8) is 0 Å². The summed E-state index contributed by atoms with van der Waals surface area (Å²) in [5.74, 6) is 1.64. The fourth-order valence-corrected chi connectivity index (χ4v) is 2.53. The highest BCUT2D eigenvalue weighted by atomic mass is 16.6. The number of nitrogens with one attached hydrogen (secondary N) is 1. The molecule has 1 aliphatic rings. The van der Waals surface area contributed by atoms with E-state index in [0.29, 0.717) is 13.2 Å². The van der Waals surface area contributed by atoms with Crippen LogP contribution in [0.3, 0.4) is 0 Å². The Kier molecular flexibility index (Phi) is 4.32. The van der Waals surface area contributed by atoms with Crippen molar-refractivity contribution in [3.8, 4) is 11.5 Å². The van der Waals surface area contributed by atoms with Crippen LogP contribution in [0.1, 0.15) is 31.9 Å². The van der Waals surface area contributed by atoms with Crippen LogP contribution in [0.2, 0.25) is 0 Å². The van der Waals surface area contributed by atoms with Gasteiger partial charge in [-0.05, 0) is 38.1 Å². The minimum Gasteiger partial charge on any atom is -0.486 e. The topological polar surface area (TPSA) is 39.7 Å². The fourth-order valence-electron chi connectivity index (χ4n) is 2.53. The van der Waals surface area contributed by atoms with E-state index < -0.39 is 0 Å². The summed E-state index contributed by atoms with van der Waals surface area (Å²) in [5, 5.41) is 3.35. The minimum absolute atomic E-state index is 0.110. The summed E-state index contributed by atoms with van der Waals surface area (Å²) >= 11 is 0. The number of hydrogen-bond acceptors (Lipinski definition) is 4. The summed E-state index contributed by atoms with van der Waals surface area (Å²) in [4.78, 5) is 0. The molecule has 0 spiro atoms. The highest BCUT2D eigenvalue weighted by Crippen LogP contribution is 2.37. The van der Waals surface area contributed by atoms with Gasteiger partial charge in [0.15, 0.2) is 11.5 Å². The summed E-state index contributed by atoms with van der Waals surface area (Å²) in [6, 6.07) is 6.20. The van der Waals surface area contributed by atoms with Gasteiger partial charge in [0.2, 0.25) is 0 Å². The lowest BCUT2D eigenvalue weighted by molar-refractivity contribution is -0.0281. The first-order valence-electron chi connectivity index (χ1n) is 6.76. The quantitative estimate of drug-likeness (QED) is 0.888. The smallest absolute Gasteiger partial charge is 0.161 e. The van der Waals surface area contributed by atoms with Crippen LogP contribution < -0.4 is 14.8 Å². The molecule has 1 heterocycles. The minimum atomic E-state index is -0.251. The highest BCUT2D eigenvalue weighted by Gasteiger charge is 2.33. The molecule has 2 rings (SSSR count).